The van der Waals surface area contributed by atoms with E-state index >= 15 is 0 Å². The minimum atomic E-state index is -0.344. The Bertz CT molecular complexity index is 637. The maximum absolute atomic E-state index is 12.5. The molecule has 1 aliphatic heterocycles. The Morgan fingerprint density at radius 2 is 1.81 bits per heavy atom. The summed E-state index contributed by atoms with van der Waals surface area (Å²) < 4.78 is 0. The van der Waals surface area contributed by atoms with Crippen molar-refractivity contribution in [3.63, 3.8) is 0 Å². The molecule has 1 atom stereocenters. The molecule has 1 aliphatic rings. The van der Waals surface area contributed by atoms with Crippen molar-refractivity contribution in [1.82, 2.24) is 15.5 Å². The molecule has 142 valence electrons. The van der Waals surface area contributed by atoms with E-state index in [2.05, 4.69) is 10.6 Å². The van der Waals surface area contributed by atoms with Crippen LogP contribution in [0.5, 0.6) is 0 Å². The Morgan fingerprint density at radius 3 is 2.35 bits per heavy atom. The first-order valence-corrected chi connectivity index (χ1v) is 8.97. The van der Waals surface area contributed by atoms with Gasteiger partial charge in [-0.2, -0.15) is 0 Å². The van der Waals surface area contributed by atoms with Gasteiger partial charge in [0.05, 0.1) is 19.0 Å². The predicted octanol–water partition coefficient (Wildman–Crippen LogP) is 0.628. The molecule has 7 nitrogen and oxygen atoms in total. The van der Waals surface area contributed by atoms with E-state index in [0.29, 0.717) is 0 Å². The summed E-state index contributed by atoms with van der Waals surface area (Å²) in [6, 6.07) is 7.55. The quantitative estimate of drug-likeness (QED) is 0.663. The Morgan fingerprint density at radius 1 is 1.19 bits per heavy atom. The molecular weight excluding hydrogens is 332 g/mol. The summed E-state index contributed by atoms with van der Waals surface area (Å²) in [5.74, 6) is -0.579. The second kappa shape index (κ2) is 9.33. The molecule has 0 aromatic heterocycles. The van der Waals surface area contributed by atoms with Gasteiger partial charge < -0.3 is 16.4 Å². The number of nitrogens with two attached hydrogens (primary N) is 1. The SMILES string of the molecule is CC(=O)NC(CC(=O)NC1CCN(CC(N)=O)CC1)c1ccc(C)cc1. The highest BCUT2D eigenvalue weighted by Crippen LogP contribution is 2.18. The molecule has 7 heteroatoms. The molecule has 3 amide bonds. The van der Waals surface area contributed by atoms with Gasteiger partial charge in [-0.25, -0.2) is 0 Å². The number of carbonyl (C=O) groups excluding carboxylic acids is 3. The van der Waals surface area contributed by atoms with E-state index in [-0.39, 0.29) is 42.8 Å². The third-order valence-corrected chi connectivity index (χ3v) is 4.58. The number of rotatable bonds is 7. The first-order valence-electron chi connectivity index (χ1n) is 8.97. The number of piperidine rings is 1. The van der Waals surface area contributed by atoms with E-state index in [1.807, 2.05) is 36.1 Å². The first kappa shape index (κ1) is 19.9. The van der Waals surface area contributed by atoms with Gasteiger partial charge in [0.1, 0.15) is 0 Å². The largest absolute Gasteiger partial charge is 0.369 e. The summed E-state index contributed by atoms with van der Waals surface area (Å²) in [7, 11) is 0. The summed E-state index contributed by atoms with van der Waals surface area (Å²) >= 11 is 0. The van der Waals surface area contributed by atoms with Crippen molar-refractivity contribution in [3.8, 4) is 0 Å². The average molecular weight is 360 g/mol. The maximum Gasteiger partial charge on any atom is 0.231 e. The molecule has 1 fully saturated rings. The zero-order valence-corrected chi connectivity index (χ0v) is 15.5. The van der Waals surface area contributed by atoms with E-state index in [4.69, 9.17) is 5.73 Å². The number of likely N-dealkylation sites (tertiary alicyclic amines) is 1. The number of hydrogen-bond acceptors (Lipinski definition) is 4. The fourth-order valence-electron chi connectivity index (χ4n) is 3.22. The number of hydrogen-bond donors (Lipinski definition) is 3. The summed E-state index contributed by atoms with van der Waals surface area (Å²) in [5.41, 5.74) is 7.25. The fourth-order valence-corrected chi connectivity index (χ4v) is 3.22. The summed E-state index contributed by atoms with van der Waals surface area (Å²) in [6.45, 7) is 5.18. The second-order valence-corrected chi connectivity index (χ2v) is 6.95. The number of carbonyl (C=O) groups is 3. The van der Waals surface area contributed by atoms with Crippen LogP contribution in [0, 0.1) is 6.92 Å². The summed E-state index contributed by atoms with van der Waals surface area (Å²) in [6.07, 6.45) is 1.77. The molecule has 0 saturated carbocycles. The van der Waals surface area contributed by atoms with Crippen LogP contribution in [0.4, 0.5) is 0 Å². The molecule has 4 N–H and O–H groups in total. The fraction of sp³-hybridized carbons (Fsp3) is 0.526. The highest BCUT2D eigenvalue weighted by Gasteiger charge is 2.23. The van der Waals surface area contributed by atoms with Gasteiger partial charge in [0.25, 0.3) is 0 Å². The van der Waals surface area contributed by atoms with Crippen LogP contribution in [0.15, 0.2) is 24.3 Å². The first-order chi connectivity index (χ1) is 12.3. The number of benzene rings is 1. The van der Waals surface area contributed by atoms with Gasteiger partial charge in [-0.05, 0) is 25.3 Å². The van der Waals surface area contributed by atoms with Crippen molar-refractivity contribution in [2.75, 3.05) is 19.6 Å². The Labute approximate surface area is 154 Å². The lowest BCUT2D eigenvalue weighted by Crippen LogP contribution is -2.47. The average Bonchev–Trinajstić information content (AvgIpc) is 2.56. The molecule has 1 aromatic rings. The van der Waals surface area contributed by atoms with Gasteiger partial charge in [-0.3, -0.25) is 19.3 Å². The van der Waals surface area contributed by atoms with Gasteiger partial charge in [-0.1, -0.05) is 29.8 Å². The molecular formula is C19H28N4O3. The van der Waals surface area contributed by atoms with Crippen molar-refractivity contribution in [2.24, 2.45) is 5.73 Å². The topological polar surface area (TPSA) is 105 Å². The third kappa shape index (κ3) is 6.48. The van der Waals surface area contributed by atoms with Crippen LogP contribution in [0.3, 0.4) is 0 Å². The molecule has 2 rings (SSSR count). The second-order valence-electron chi connectivity index (χ2n) is 6.95. The van der Waals surface area contributed by atoms with Crippen LogP contribution < -0.4 is 16.4 Å². The smallest absolute Gasteiger partial charge is 0.231 e. The van der Waals surface area contributed by atoms with E-state index in [0.717, 1.165) is 37.1 Å². The summed E-state index contributed by atoms with van der Waals surface area (Å²) in [4.78, 5) is 36.9. The molecule has 1 saturated heterocycles. The van der Waals surface area contributed by atoms with E-state index in [1.165, 1.54) is 6.92 Å². The van der Waals surface area contributed by atoms with Gasteiger partial charge in [0, 0.05) is 26.1 Å². The van der Waals surface area contributed by atoms with Crippen molar-refractivity contribution in [1.29, 1.82) is 0 Å². The number of nitrogens with one attached hydrogen (secondary N) is 2. The van der Waals surface area contributed by atoms with Crippen molar-refractivity contribution >= 4 is 17.7 Å². The zero-order chi connectivity index (χ0) is 19.1. The van der Waals surface area contributed by atoms with Gasteiger partial charge in [-0.15, -0.1) is 0 Å². The zero-order valence-electron chi connectivity index (χ0n) is 15.5. The maximum atomic E-state index is 12.5. The molecule has 0 radical (unpaired) electrons. The molecule has 0 aliphatic carbocycles. The minimum absolute atomic E-state index is 0.0855. The Kier molecular flexibility index (Phi) is 7.15. The molecule has 0 spiro atoms. The highest BCUT2D eigenvalue weighted by atomic mass is 16.2. The van der Waals surface area contributed by atoms with Gasteiger partial charge in [0.15, 0.2) is 0 Å². The van der Waals surface area contributed by atoms with Crippen LogP contribution in [0.2, 0.25) is 0 Å². The molecule has 0 bridgehead atoms. The Balaban J connectivity index is 1.88. The van der Waals surface area contributed by atoms with Gasteiger partial charge >= 0.3 is 0 Å². The van der Waals surface area contributed by atoms with Crippen molar-refractivity contribution < 1.29 is 14.4 Å². The number of primary amides is 1. The third-order valence-electron chi connectivity index (χ3n) is 4.58. The predicted molar refractivity (Wildman–Crippen MR) is 99.2 cm³/mol. The number of nitrogens with zero attached hydrogens (tertiary/aromatic N) is 1. The molecule has 26 heavy (non-hydrogen) atoms. The Hall–Kier alpha value is -2.41. The standard InChI is InChI=1S/C19H28N4O3/c1-13-3-5-15(6-4-13)17(21-14(2)24)11-19(26)22-16-7-9-23(10-8-16)12-18(20)25/h3-6,16-17H,7-12H2,1-2H3,(H2,20,25)(H,21,24)(H,22,26). The molecule has 1 unspecified atom stereocenters. The lowest BCUT2D eigenvalue weighted by molar-refractivity contribution is -0.124. The monoisotopic (exact) mass is 360 g/mol. The highest BCUT2D eigenvalue weighted by molar-refractivity contribution is 5.79. The van der Waals surface area contributed by atoms with E-state index in [9.17, 15) is 14.4 Å². The van der Waals surface area contributed by atoms with E-state index < -0.39 is 0 Å². The lowest BCUT2D eigenvalue weighted by Gasteiger charge is -2.31. The van der Waals surface area contributed by atoms with Crippen LogP contribution in [0.25, 0.3) is 0 Å². The van der Waals surface area contributed by atoms with Gasteiger partial charge in [0.2, 0.25) is 17.7 Å². The molecule has 1 aromatic carbocycles. The van der Waals surface area contributed by atoms with Crippen LogP contribution in [0.1, 0.15) is 43.4 Å². The minimum Gasteiger partial charge on any atom is -0.369 e. The van der Waals surface area contributed by atoms with Crippen LogP contribution >= 0.6 is 0 Å². The van der Waals surface area contributed by atoms with Crippen molar-refractivity contribution in [3.05, 3.63) is 35.4 Å². The van der Waals surface area contributed by atoms with Crippen molar-refractivity contribution in [2.45, 2.75) is 45.2 Å². The number of amides is 3. The lowest BCUT2D eigenvalue weighted by atomic mass is 10.0. The summed E-state index contributed by atoms with van der Waals surface area (Å²) in [5, 5.41) is 5.90. The van der Waals surface area contributed by atoms with E-state index in [1.54, 1.807) is 0 Å². The normalized spacial score (nSPS) is 16.7. The number of aryl methyl sites for hydroxylation is 1. The van der Waals surface area contributed by atoms with Crippen LogP contribution in [-0.2, 0) is 14.4 Å². The van der Waals surface area contributed by atoms with Crippen LogP contribution in [-0.4, -0.2) is 48.3 Å². The molecule has 1 heterocycles.